The van der Waals surface area contributed by atoms with Crippen LogP contribution in [0, 0.1) is 0 Å². The number of nitrogens with zero attached hydrogens (tertiary/aromatic N) is 1. The van der Waals surface area contributed by atoms with Gasteiger partial charge in [0.1, 0.15) is 10.7 Å². The number of aryl methyl sites for hydroxylation is 1. The Morgan fingerprint density at radius 2 is 1.62 bits per heavy atom. The van der Waals surface area contributed by atoms with E-state index in [1.54, 1.807) is 0 Å². The van der Waals surface area contributed by atoms with E-state index in [9.17, 15) is 9.59 Å². The van der Waals surface area contributed by atoms with Gasteiger partial charge in [-0.25, -0.2) is 0 Å². The number of hydrogen-bond donors (Lipinski definition) is 1. The van der Waals surface area contributed by atoms with Crippen LogP contribution in [-0.2, 0) is 22.6 Å². The molecular formula is C19H17ClN2O2. The lowest BCUT2D eigenvalue weighted by atomic mass is 10.1. The zero-order chi connectivity index (χ0) is 17.1. The van der Waals surface area contributed by atoms with E-state index in [0.29, 0.717) is 0 Å². The predicted molar refractivity (Wildman–Crippen MR) is 94.3 cm³/mol. The number of amides is 2. The van der Waals surface area contributed by atoms with Gasteiger partial charge in [0, 0.05) is 5.69 Å². The molecule has 0 saturated carbocycles. The first-order valence-electron chi connectivity index (χ1n) is 7.76. The molecule has 3 rings (SSSR count). The van der Waals surface area contributed by atoms with Crippen LogP contribution in [0.5, 0.6) is 0 Å². The number of carbonyl (C=O) groups excluding carboxylic acids is 2. The van der Waals surface area contributed by atoms with E-state index in [1.807, 2.05) is 61.5 Å². The summed E-state index contributed by atoms with van der Waals surface area (Å²) in [5.74, 6) is -0.873. The fraction of sp³-hybridized carbons (Fsp3) is 0.158. The maximum atomic E-state index is 12.6. The van der Waals surface area contributed by atoms with Gasteiger partial charge in [-0.3, -0.25) is 14.5 Å². The molecule has 0 aromatic heterocycles. The van der Waals surface area contributed by atoms with Crippen molar-refractivity contribution < 1.29 is 9.59 Å². The molecule has 5 heteroatoms. The first-order chi connectivity index (χ1) is 11.6. The van der Waals surface area contributed by atoms with Crippen LogP contribution in [0.2, 0.25) is 0 Å². The van der Waals surface area contributed by atoms with Crippen LogP contribution in [0.4, 0.5) is 5.69 Å². The van der Waals surface area contributed by atoms with Crippen molar-refractivity contribution in [2.24, 2.45) is 0 Å². The summed E-state index contributed by atoms with van der Waals surface area (Å²) in [7, 11) is 0. The molecule has 0 bridgehead atoms. The van der Waals surface area contributed by atoms with Gasteiger partial charge >= 0.3 is 0 Å². The molecule has 1 N–H and O–H groups in total. The SMILES string of the molecule is CCc1ccccc1NC1=C(Cl)C(=O)N(Cc2ccccc2)C1=O. The molecule has 2 aromatic carbocycles. The highest BCUT2D eigenvalue weighted by molar-refractivity contribution is 6.48. The van der Waals surface area contributed by atoms with E-state index in [0.717, 1.165) is 28.1 Å². The summed E-state index contributed by atoms with van der Waals surface area (Å²) in [5, 5.41) is 2.97. The molecule has 0 fully saturated rings. The van der Waals surface area contributed by atoms with Gasteiger partial charge in [0.2, 0.25) is 0 Å². The predicted octanol–water partition coefficient (Wildman–Crippen LogP) is 3.68. The van der Waals surface area contributed by atoms with Crippen molar-refractivity contribution in [1.82, 2.24) is 4.90 Å². The molecule has 0 spiro atoms. The van der Waals surface area contributed by atoms with Gasteiger partial charge in [0.25, 0.3) is 11.8 Å². The average molecular weight is 341 g/mol. The lowest BCUT2D eigenvalue weighted by molar-refractivity contribution is -0.138. The minimum atomic E-state index is -0.470. The van der Waals surface area contributed by atoms with Crippen LogP contribution in [0.15, 0.2) is 65.3 Å². The Labute approximate surface area is 145 Å². The van der Waals surface area contributed by atoms with Crippen LogP contribution in [-0.4, -0.2) is 16.7 Å². The van der Waals surface area contributed by atoms with Crippen molar-refractivity contribution in [3.63, 3.8) is 0 Å². The van der Waals surface area contributed by atoms with E-state index >= 15 is 0 Å². The lowest BCUT2D eigenvalue weighted by Gasteiger charge is -2.15. The number of halogens is 1. The van der Waals surface area contributed by atoms with E-state index in [-0.39, 0.29) is 17.3 Å². The van der Waals surface area contributed by atoms with Gasteiger partial charge in [0.15, 0.2) is 0 Å². The summed E-state index contributed by atoms with van der Waals surface area (Å²) < 4.78 is 0. The zero-order valence-electron chi connectivity index (χ0n) is 13.3. The van der Waals surface area contributed by atoms with Gasteiger partial charge in [-0.15, -0.1) is 0 Å². The highest BCUT2D eigenvalue weighted by Gasteiger charge is 2.37. The topological polar surface area (TPSA) is 49.4 Å². The number of rotatable bonds is 5. The summed E-state index contributed by atoms with van der Waals surface area (Å²) in [5.41, 5.74) is 2.85. The summed E-state index contributed by atoms with van der Waals surface area (Å²) >= 11 is 6.14. The Bertz CT molecular complexity index is 815. The highest BCUT2D eigenvalue weighted by Crippen LogP contribution is 2.28. The fourth-order valence-corrected chi connectivity index (χ4v) is 2.88. The molecule has 1 heterocycles. The van der Waals surface area contributed by atoms with Crippen molar-refractivity contribution in [3.8, 4) is 0 Å². The fourth-order valence-electron chi connectivity index (χ4n) is 2.65. The summed E-state index contributed by atoms with van der Waals surface area (Å²) in [6, 6.07) is 17.0. The van der Waals surface area contributed by atoms with E-state index in [2.05, 4.69) is 5.32 Å². The normalized spacial score (nSPS) is 14.5. The minimum absolute atomic E-state index is 0.0677. The van der Waals surface area contributed by atoms with E-state index in [1.165, 1.54) is 0 Å². The monoisotopic (exact) mass is 340 g/mol. The van der Waals surface area contributed by atoms with Crippen LogP contribution in [0.25, 0.3) is 0 Å². The van der Waals surface area contributed by atoms with Crippen LogP contribution < -0.4 is 5.32 Å². The van der Waals surface area contributed by atoms with Crippen molar-refractivity contribution in [2.45, 2.75) is 19.9 Å². The number of nitrogens with one attached hydrogen (secondary N) is 1. The summed E-state index contributed by atoms with van der Waals surface area (Å²) in [6.07, 6.45) is 0.809. The molecule has 0 atom stereocenters. The second kappa shape index (κ2) is 6.89. The van der Waals surface area contributed by atoms with Crippen molar-refractivity contribution in [3.05, 3.63) is 76.5 Å². The Balaban J connectivity index is 1.84. The third-order valence-electron chi connectivity index (χ3n) is 3.95. The smallest absolute Gasteiger partial charge is 0.279 e. The largest absolute Gasteiger partial charge is 0.349 e. The molecule has 0 radical (unpaired) electrons. The quantitative estimate of drug-likeness (QED) is 0.845. The van der Waals surface area contributed by atoms with Crippen LogP contribution in [0.1, 0.15) is 18.1 Å². The van der Waals surface area contributed by atoms with E-state index < -0.39 is 11.8 Å². The molecule has 2 amide bonds. The second-order valence-corrected chi connectivity index (χ2v) is 5.88. The average Bonchev–Trinajstić information content (AvgIpc) is 2.81. The third kappa shape index (κ3) is 3.05. The molecule has 0 unspecified atom stereocenters. The number of imide groups is 1. The maximum absolute atomic E-state index is 12.6. The Morgan fingerprint density at radius 1 is 0.958 bits per heavy atom. The highest BCUT2D eigenvalue weighted by atomic mass is 35.5. The molecule has 4 nitrogen and oxygen atoms in total. The molecule has 1 aliphatic rings. The van der Waals surface area contributed by atoms with Crippen molar-refractivity contribution >= 4 is 29.1 Å². The van der Waals surface area contributed by atoms with Gasteiger partial charge in [-0.05, 0) is 23.6 Å². The van der Waals surface area contributed by atoms with Crippen molar-refractivity contribution in [2.75, 3.05) is 5.32 Å². The molecule has 1 aliphatic heterocycles. The molecule has 0 saturated heterocycles. The maximum Gasteiger partial charge on any atom is 0.279 e. The number of hydrogen-bond acceptors (Lipinski definition) is 3. The molecule has 122 valence electrons. The van der Waals surface area contributed by atoms with Crippen molar-refractivity contribution in [1.29, 1.82) is 0 Å². The first-order valence-corrected chi connectivity index (χ1v) is 8.14. The molecule has 2 aromatic rings. The Hall–Kier alpha value is -2.59. The molecule has 24 heavy (non-hydrogen) atoms. The van der Waals surface area contributed by atoms with Gasteiger partial charge in [0.05, 0.1) is 6.54 Å². The Morgan fingerprint density at radius 3 is 2.33 bits per heavy atom. The van der Waals surface area contributed by atoms with Gasteiger partial charge < -0.3 is 5.32 Å². The number of benzene rings is 2. The minimum Gasteiger partial charge on any atom is -0.349 e. The summed E-state index contributed by atoms with van der Waals surface area (Å²) in [4.78, 5) is 26.1. The zero-order valence-corrected chi connectivity index (χ0v) is 14.0. The molecule has 0 aliphatic carbocycles. The number of carbonyl (C=O) groups is 2. The van der Waals surface area contributed by atoms with E-state index in [4.69, 9.17) is 11.6 Å². The van der Waals surface area contributed by atoms with Crippen LogP contribution in [0.3, 0.4) is 0 Å². The van der Waals surface area contributed by atoms with Gasteiger partial charge in [-0.2, -0.15) is 0 Å². The number of para-hydroxylation sites is 1. The summed E-state index contributed by atoms with van der Waals surface area (Å²) in [6.45, 7) is 2.23. The second-order valence-electron chi connectivity index (χ2n) is 5.51. The standard InChI is InChI=1S/C19H17ClN2O2/c1-2-14-10-6-7-11-15(14)21-17-16(20)18(23)22(19(17)24)12-13-8-4-3-5-9-13/h3-11,21H,2,12H2,1H3. The number of anilines is 1. The van der Waals surface area contributed by atoms with Crippen LogP contribution >= 0.6 is 11.6 Å². The lowest BCUT2D eigenvalue weighted by Crippen LogP contribution is -2.31. The first kappa shape index (κ1) is 16.3. The third-order valence-corrected chi connectivity index (χ3v) is 4.30. The van der Waals surface area contributed by atoms with Gasteiger partial charge in [-0.1, -0.05) is 67.1 Å². The molecular weight excluding hydrogens is 324 g/mol. The Kier molecular flexibility index (Phi) is 4.67.